The Morgan fingerprint density at radius 2 is 2.07 bits per heavy atom. The Morgan fingerprint density at radius 3 is 2.73 bits per heavy atom. The van der Waals surface area contributed by atoms with Crippen LogP contribution in [0, 0.1) is 5.82 Å². The van der Waals surface area contributed by atoms with Gasteiger partial charge in [0.1, 0.15) is 5.82 Å². The first-order valence-corrected chi connectivity index (χ1v) is 6.58. The molecule has 1 aliphatic rings. The van der Waals surface area contributed by atoms with E-state index in [0.717, 1.165) is 18.5 Å². The molecule has 0 unspecified atom stereocenters. The molecule has 1 aromatic rings. The summed E-state index contributed by atoms with van der Waals surface area (Å²) in [6, 6.07) is 5.36. The molecular weight excluding hydrogens is 233 g/mol. The number of anilines is 1. The Bertz CT molecular complexity index is 339. The molecule has 0 spiro atoms. The van der Waals surface area contributed by atoms with E-state index in [0.29, 0.717) is 6.04 Å². The predicted molar refractivity (Wildman–Crippen MR) is 65.4 cm³/mol. The third-order valence-corrected chi connectivity index (χ3v) is 3.87. The van der Waals surface area contributed by atoms with Gasteiger partial charge in [-0.25, -0.2) is 4.39 Å². The van der Waals surface area contributed by atoms with E-state index < -0.39 is 0 Å². The van der Waals surface area contributed by atoms with E-state index in [4.69, 9.17) is 11.6 Å². The highest BCUT2D eigenvalue weighted by Crippen LogP contribution is 2.23. The minimum atomic E-state index is -0.355. The van der Waals surface area contributed by atoms with Crippen molar-refractivity contribution in [1.29, 1.82) is 0 Å². The van der Waals surface area contributed by atoms with Crippen molar-refractivity contribution in [3.63, 3.8) is 0 Å². The Morgan fingerprint density at radius 1 is 1.33 bits per heavy atom. The van der Waals surface area contributed by atoms with E-state index in [1.807, 2.05) is 17.8 Å². The predicted octanol–water partition coefficient (Wildman–Crippen LogP) is 3.79. The fraction of sp³-hybridized carbons (Fsp3) is 0.455. The van der Waals surface area contributed by atoms with Gasteiger partial charge < -0.3 is 5.32 Å². The van der Waals surface area contributed by atoms with Crippen LogP contribution in [0.3, 0.4) is 0 Å². The molecule has 0 bridgehead atoms. The fourth-order valence-electron chi connectivity index (χ4n) is 1.66. The molecule has 1 N–H and O–H groups in total. The summed E-state index contributed by atoms with van der Waals surface area (Å²) in [5.74, 6) is 2.02. The number of nitrogens with one attached hydrogen (secondary N) is 1. The second-order valence-corrected chi connectivity index (χ2v) is 5.29. The molecule has 0 atom stereocenters. The van der Waals surface area contributed by atoms with Gasteiger partial charge in [-0.15, -0.1) is 0 Å². The summed E-state index contributed by atoms with van der Waals surface area (Å²) in [5, 5.41) is 3.52. The lowest BCUT2D eigenvalue weighted by Crippen LogP contribution is -2.24. The summed E-state index contributed by atoms with van der Waals surface area (Å²) in [6.45, 7) is 0. The Labute approximate surface area is 98.4 Å². The molecule has 15 heavy (non-hydrogen) atoms. The normalized spacial score (nSPS) is 17.7. The molecule has 0 aliphatic carbocycles. The summed E-state index contributed by atoms with van der Waals surface area (Å²) >= 11 is 7.60. The van der Waals surface area contributed by atoms with Crippen LogP contribution < -0.4 is 5.32 Å². The monoisotopic (exact) mass is 245 g/mol. The maximum Gasteiger partial charge on any atom is 0.143 e. The van der Waals surface area contributed by atoms with Gasteiger partial charge in [0.25, 0.3) is 0 Å². The highest BCUT2D eigenvalue weighted by molar-refractivity contribution is 7.99. The SMILES string of the molecule is Fc1cc(NC2CCSCC2)ccc1Cl. The Kier molecular flexibility index (Phi) is 3.76. The maximum atomic E-state index is 13.2. The van der Waals surface area contributed by atoms with Gasteiger partial charge in [0.2, 0.25) is 0 Å². The van der Waals surface area contributed by atoms with Crippen molar-refractivity contribution < 1.29 is 4.39 Å². The first-order valence-electron chi connectivity index (χ1n) is 5.05. The molecule has 0 amide bonds. The second kappa shape index (κ2) is 5.08. The first kappa shape index (κ1) is 11.1. The van der Waals surface area contributed by atoms with E-state index in [1.54, 1.807) is 6.07 Å². The third kappa shape index (κ3) is 3.02. The van der Waals surface area contributed by atoms with Gasteiger partial charge in [-0.1, -0.05) is 11.6 Å². The quantitative estimate of drug-likeness (QED) is 0.851. The number of halogens is 2. The van der Waals surface area contributed by atoms with Gasteiger partial charge >= 0.3 is 0 Å². The van der Waals surface area contributed by atoms with E-state index in [9.17, 15) is 4.39 Å². The molecule has 1 aliphatic heterocycles. The molecule has 1 aromatic carbocycles. The van der Waals surface area contributed by atoms with E-state index in [-0.39, 0.29) is 10.8 Å². The van der Waals surface area contributed by atoms with Crippen molar-refractivity contribution in [2.75, 3.05) is 16.8 Å². The lowest BCUT2D eigenvalue weighted by atomic mass is 10.1. The van der Waals surface area contributed by atoms with Gasteiger partial charge in [0, 0.05) is 11.7 Å². The Balaban J connectivity index is 2.00. The summed E-state index contributed by atoms with van der Waals surface area (Å²) in [5.41, 5.74) is 0.828. The van der Waals surface area contributed by atoms with Crippen molar-refractivity contribution in [3.05, 3.63) is 29.0 Å². The van der Waals surface area contributed by atoms with Crippen LogP contribution in [0.15, 0.2) is 18.2 Å². The first-order chi connectivity index (χ1) is 7.25. The lowest BCUT2D eigenvalue weighted by Gasteiger charge is -2.23. The van der Waals surface area contributed by atoms with Crippen molar-refractivity contribution >= 4 is 29.1 Å². The van der Waals surface area contributed by atoms with Gasteiger partial charge in [-0.2, -0.15) is 11.8 Å². The standard InChI is InChI=1S/C11H13ClFNS/c12-10-2-1-9(7-11(10)13)14-8-3-5-15-6-4-8/h1-2,7-8,14H,3-6H2. The lowest BCUT2D eigenvalue weighted by molar-refractivity contribution is 0.626. The van der Waals surface area contributed by atoms with Crippen molar-refractivity contribution in [2.45, 2.75) is 18.9 Å². The fourth-order valence-corrected chi connectivity index (χ4v) is 2.89. The van der Waals surface area contributed by atoms with Crippen molar-refractivity contribution in [3.8, 4) is 0 Å². The largest absolute Gasteiger partial charge is 0.382 e. The molecular formula is C11H13ClFNS. The van der Waals surface area contributed by atoms with Crippen LogP contribution in [0.2, 0.25) is 5.02 Å². The van der Waals surface area contributed by atoms with Gasteiger partial charge in [0.05, 0.1) is 5.02 Å². The number of thioether (sulfide) groups is 1. The zero-order valence-corrected chi connectivity index (χ0v) is 9.87. The van der Waals surface area contributed by atoms with Gasteiger partial charge in [-0.05, 0) is 42.5 Å². The highest BCUT2D eigenvalue weighted by atomic mass is 35.5. The summed E-state index contributed by atoms with van der Waals surface area (Å²) in [6.07, 6.45) is 2.30. The minimum Gasteiger partial charge on any atom is -0.382 e. The molecule has 4 heteroatoms. The zero-order valence-electron chi connectivity index (χ0n) is 8.30. The number of benzene rings is 1. The maximum absolute atomic E-state index is 13.2. The topological polar surface area (TPSA) is 12.0 Å². The molecule has 1 fully saturated rings. The van der Waals surface area contributed by atoms with E-state index in [2.05, 4.69) is 5.32 Å². The van der Waals surface area contributed by atoms with Crippen LogP contribution >= 0.6 is 23.4 Å². The number of rotatable bonds is 2. The van der Waals surface area contributed by atoms with Crippen LogP contribution in [0.25, 0.3) is 0 Å². The molecule has 1 nitrogen and oxygen atoms in total. The van der Waals surface area contributed by atoms with Crippen LogP contribution in [0.1, 0.15) is 12.8 Å². The van der Waals surface area contributed by atoms with Crippen LogP contribution in [-0.2, 0) is 0 Å². The molecule has 82 valence electrons. The molecule has 1 heterocycles. The molecule has 0 radical (unpaired) electrons. The van der Waals surface area contributed by atoms with Crippen LogP contribution in [-0.4, -0.2) is 17.5 Å². The molecule has 0 saturated carbocycles. The van der Waals surface area contributed by atoms with E-state index in [1.165, 1.54) is 17.6 Å². The van der Waals surface area contributed by atoms with Crippen LogP contribution in [0.5, 0.6) is 0 Å². The summed E-state index contributed by atoms with van der Waals surface area (Å²) in [4.78, 5) is 0. The summed E-state index contributed by atoms with van der Waals surface area (Å²) in [7, 11) is 0. The third-order valence-electron chi connectivity index (χ3n) is 2.51. The van der Waals surface area contributed by atoms with Crippen molar-refractivity contribution in [2.24, 2.45) is 0 Å². The number of hydrogen-bond donors (Lipinski definition) is 1. The van der Waals surface area contributed by atoms with Gasteiger partial charge in [0.15, 0.2) is 0 Å². The second-order valence-electron chi connectivity index (χ2n) is 3.66. The Hall–Kier alpha value is -0.410. The number of hydrogen-bond acceptors (Lipinski definition) is 2. The molecule has 2 rings (SSSR count). The molecule has 0 aromatic heterocycles. The molecule has 1 saturated heterocycles. The smallest absolute Gasteiger partial charge is 0.143 e. The van der Waals surface area contributed by atoms with Gasteiger partial charge in [-0.3, -0.25) is 0 Å². The minimum absolute atomic E-state index is 0.180. The average molecular weight is 246 g/mol. The van der Waals surface area contributed by atoms with Crippen LogP contribution in [0.4, 0.5) is 10.1 Å². The zero-order chi connectivity index (χ0) is 10.7. The van der Waals surface area contributed by atoms with Crippen molar-refractivity contribution in [1.82, 2.24) is 0 Å². The van der Waals surface area contributed by atoms with E-state index >= 15 is 0 Å². The highest BCUT2D eigenvalue weighted by Gasteiger charge is 2.13. The average Bonchev–Trinajstić information content (AvgIpc) is 2.25. The summed E-state index contributed by atoms with van der Waals surface area (Å²) < 4.78 is 13.2.